The molecule has 0 aliphatic carbocycles. The summed E-state index contributed by atoms with van der Waals surface area (Å²) >= 11 is 2.78. The molecule has 8 heteroatoms. The van der Waals surface area contributed by atoms with E-state index in [1.165, 1.54) is 12.1 Å². The Hall–Kier alpha value is -1.55. The number of carbonyl (C=O) groups is 3. The molecule has 6 nitrogen and oxygen atoms in total. The van der Waals surface area contributed by atoms with Crippen LogP contribution in [0.2, 0.25) is 0 Å². The van der Waals surface area contributed by atoms with Gasteiger partial charge in [0.25, 0.3) is 11.1 Å². The summed E-state index contributed by atoms with van der Waals surface area (Å²) in [7, 11) is 0. The minimum atomic E-state index is -0.759. The third-order valence-electron chi connectivity index (χ3n) is 2.46. The van der Waals surface area contributed by atoms with Gasteiger partial charge in [-0.2, -0.15) is 0 Å². The number of thioether (sulfide) groups is 1. The van der Waals surface area contributed by atoms with Crippen LogP contribution in [0.15, 0.2) is 23.1 Å². The number of hydrogen-bond donors (Lipinski definition) is 2. The molecule has 0 unspecified atom stereocenters. The lowest BCUT2D eigenvalue weighted by atomic mass is 10.2. The number of nitrogens with zero attached hydrogens (tertiary/aromatic N) is 1. The van der Waals surface area contributed by atoms with Crippen molar-refractivity contribution in [1.29, 1.82) is 0 Å². The highest BCUT2D eigenvalue weighted by atomic mass is 127. The molecule has 0 aromatic heterocycles. The van der Waals surface area contributed by atoms with Crippen molar-refractivity contribution >= 4 is 57.5 Å². The van der Waals surface area contributed by atoms with Gasteiger partial charge in [-0.15, -0.1) is 0 Å². The molecule has 1 fully saturated rings. The van der Waals surface area contributed by atoms with Crippen LogP contribution in [-0.4, -0.2) is 33.6 Å². The third-order valence-corrected chi connectivity index (χ3v) is 4.04. The first-order valence-electron chi connectivity index (χ1n) is 5.40. The lowest BCUT2D eigenvalue weighted by Crippen LogP contribution is -2.36. The van der Waals surface area contributed by atoms with Crippen LogP contribution in [0.3, 0.4) is 0 Å². The number of imide groups is 1. The highest BCUT2D eigenvalue weighted by molar-refractivity contribution is 14.1. The van der Waals surface area contributed by atoms with Gasteiger partial charge in [-0.1, -0.05) is 0 Å². The van der Waals surface area contributed by atoms with Crippen molar-refractivity contribution in [1.82, 2.24) is 4.90 Å². The number of benzene rings is 1. The lowest BCUT2D eigenvalue weighted by molar-refractivity contribution is -0.127. The van der Waals surface area contributed by atoms with Crippen molar-refractivity contribution in [2.75, 3.05) is 6.54 Å². The molecule has 1 aromatic rings. The third kappa shape index (κ3) is 3.12. The Morgan fingerprint density at radius 2 is 2.15 bits per heavy atom. The number of phenolic OH excluding ortho intramolecular Hbond substituents is 1. The Morgan fingerprint density at radius 3 is 2.80 bits per heavy atom. The zero-order valence-corrected chi connectivity index (χ0v) is 13.0. The first-order chi connectivity index (χ1) is 9.38. The normalized spacial score (nSPS) is 17.1. The van der Waals surface area contributed by atoms with Crippen LogP contribution < -0.4 is 5.73 Å². The van der Waals surface area contributed by atoms with Gasteiger partial charge in [0.15, 0.2) is 0 Å². The molecule has 1 aromatic carbocycles. The number of aromatic hydroxyl groups is 1. The fourth-order valence-corrected chi connectivity index (χ4v) is 2.92. The molecule has 0 radical (unpaired) electrons. The fourth-order valence-electron chi connectivity index (χ4n) is 1.57. The molecule has 1 saturated heterocycles. The average molecular weight is 404 g/mol. The lowest BCUT2D eigenvalue weighted by Gasteiger charge is -2.08. The van der Waals surface area contributed by atoms with Crippen molar-refractivity contribution in [3.63, 3.8) is 0 Å². The number of hydrogen-bond acceptors (Lipinski definition) is 5. The molecule has 0 spiro atoms. The van der Waals surface area contributed by atoms with Crippen LogP contribution in [0.4, 0.5) is 4.79 Å². The maximum atomic E-state index is 12.0. The number of primary amides is 1. The first kappa shape index (κ1) is 14.9. The quantitative estimate of drug-likeness (QED) is 0.588. The SMILES string of the molecule is NC(=O)CN1C(=O)S/C(=C\c2cc(I)ccc2O)C1=O. The van der Waals surface area contributed by atoms with Crippen molar-refractivity contribution in [3.8, 4) is 5.75 Å². The molecule has 0 bridgehead atoms. The second kappa shape index (κ2) is 5.83. The monoisotopic (exact) mass is 404 g/mol. The summed E-state index contributed by atoms with van der Waals surface area (Å²) in [5, 5.41) is 9.17. The predicted molar refractivity (Wildman–Crippen MR) is 82.7 cm³/mol. The molecule has 1 aliphatic heterocycles. The Bertz CT molecular complexity index is 644. The summed E-state index contributed by atoms with van der Waals surface area (Å²) in [5.41, 5.74) is 5.42. The molecule has 1 aliphatic rings. The van der Waals surface area contributed by atoms with Crippen molar-refractivity contribution in [2.24, 2.45) is 5.73 Å². The number of phenols is 1. The van der Waals surface area contributed by atoms with E-state index in [9.17, 15) is 19.5 Å². The van der Waals surface area contributed by atoms with E-state index in [1.807, 2.05) is 0 Å². The van der Waals surface area contributed by atoms with E-state index in [2.05, 4.69) is 22.6 Å². The predicted octanol–water partition coefficient (Wildman–Crippen LogP) is 1.52. The van der Waals surface area contributed by atoms with Crippen LogP contribution in [0.5, 0.6) is 5.75 Å². The second-order valence-electron chi connectivity index (χ2n) is 3.94. The Kier molecular flexibility index (Phi) is 4.33. The van der Waals surface area contributed by atoms with Gasteiger partial charge in [-0.3, -0.25) is 19.3 Å². The Balaban J connectivity index is 2.32. The van der Waals surface area contributed by atoms with Crippen molar-refractivity contribution < 1.29 is 19.5 Å². The maximum Gasteiger partial charge on any atom is 0.294 e. The van der Waals surface area contributed by atoms with E-state index in [0.717, 1.165) is 8.47 Å². The van der Waals surface area contributed by atoms with Crippen molar-refractivity contribution in [3.05, 3.63) is 32.2 Å². The zero-order chi connectivity index (χ0) is 14.9. The van der Waals surface area contributed by atoms with Gasteiger partial charge in [-0.05, 0) is 58.6 Å². The van der Waals surface area contributed by atoms with Crippen LogP contribution in [-0.2, 0) is 9.59 Å². The molecular formula is C12H9IN2O4S. The van der Waals surface area contributed by atoms with Crippen LogP contribution in [0, 0.1) is 3.57 Å². The largest absolute Gasteiger partial charge is 0.507 e. The Labute approximate surface area is 132 Å². The minimum Gasteiger partial charge on any atom is -0.507 e. The average Bonchev–Trinajstić information content (AvgIpc) is 2.61. The summed E-state index contributed by atoms with van der Waals surface area (Å²) in [5.74, 6) is -1.34. The molecular weight excluding hydrogens is 395 g/mol. The van der Waals surface area contributed by atoms with E-state index in [4.69, 9.17) is 5.73 Å². The van der Waals surface area contributed by atoms with Gasteiger partial charge in [0.05, 0.1) is 4.91 Å². The van der Waals surface area contributed by atoms with Gasteiger partial charge in [0, 0.05) is 9.13 Å². The number of carbonyl (C=O) groups excluding carboxylic acids is 3. The first-order valence-corrected chi connectivity index (χ1v) is 7.30. The number of halogens is 1. The van der Waals surface area contributed by atoms with Gasteiger partial charge < -0.3 is 10.8 Å². The summed E-state index contributed by atoms with van der Waals surface area (Å²) in [4.78, 5) is 35.3. The topological polar surface area (TPSA) is 101 Å². The maximum absolute atomic E-state index is 12.0. The fraction of sp³-hybridized carbons (Fsp3) is 0.0833. The second-order valence-corrected chi connectivity index (χ2v) is 6.18. The van der Waals surface area contributed by atoms with Gasteiger partial charge in [-0.25, -0.2) is 0 Å². The standard InChI is InChI=1S/C12H9IN2O4S/c13-7-1-2-8(16)6(3-7)4-9-11(18)15(5-10(14)17)12(19)20-9/h1-4,16H,5H2,(H2,14,17)/b9-4-. The molecule has 3 amide bonds. The summed E-state index contributed by atoms with van der Waals surface area (Å²) in [6.07, 6.45) is 1.42. The highest BCUT2D eigenvalue weighted by Crippen LogP contribution is 2.33. The molecule has 104 valence electrons. The van der Waals surface area contributed by atoms with Crippen molar-refractivity contribution in [2.45, 2.75) is 0 Å². The highest BCUT2D eigenvalue weighted by Gasteiger charge is 2.35. The van der Waals surface area contributed by atoms with E-state index in [0.29, 0.717) is 17.3 Å². The molecule has 3 N–H and O–H groups in total. The number of rotatable bonds is 3. The van der Waals surface area contributed by atoms with Crippen LogP contribution >= 0.6 is 34.4 Å². The van der Waals surface area contributed by atoms with Crippen LogP contribution in [0.25, 0.3) is 6.08 Å². The summed E-state index contributed by atoms with van der Waals surface area (Å²) < 4.78 is 0.878. The van der Waals surface area contributed by atoms with E-state index < -0.39 is 23.6 Å². The van der Waals surface area contributed by atoms with E-state index in [-0.39, 0.29) is 10.7 Å². The number of amides is 3. The molecule has 0 atom stereocenters. The molecule has 2 rings (SSSR count). The molecule has 20 heavy (non-hydrogen) atoms. The zero-order valence-electron chi connectivity index (χ0n) is 10.00. The van der Waals surface area contributed by atoms with Gasteiger partial charge in [0.1, 0.15) is 12.3 Å². The van der Waals surface area contributed by atoms with Crippen LogP contribution in [0.1, 0.15) is 5.56 Å². The summed E-state index contributed by atoms with van der Waals surface area (Å²) in [6, 6.07) is 4.89. The Morgan fingerprint density at radius 1 is 1.45 bits per heavy atom. The minimum absolute atomic E-state index is 0.00659. The van der Waals surface area contributed by atoms with Gasteiger partial charge in [0.2, 0.25) is 5.91 Å². The summed E-state index contributed by atoms with van der Waals surface area (Å²) in [6.45, 7) is -0.444. The molecule has 1 heterocycles. The molecule has 0 saturated carbocycles. The van der Waals surface area contributed by atoms with Gasteiger partial charge >= 0.3 is 0 Å². The smallest absolute Gasteiger partial charge is 0.294 e. The van der Waals surface area contributed by atoms with E-state index >= 15 is 0 Å². The van der Waals surface area contributed by atoms with E-state index in [1.54, 1.807) is 12.1 Å². The number of nitrogens with two attached hydrogens (primary N) is 1.